The van der Waals surface area contributed by atoms with Gasteiger partial charge in [0.15, 0.2) is 0 Å². The van der Waals surface area contributed by atoms with Crippen LogP contribution < -0.4 is 28.6 Å². The van der Waals surface area contributed by atoms with E-state index in [0.29, 0.717) is 0 Å². The Morgan fingerprint density at radius 2 is 1.43 bits per heavy atom. The predicted octanol–water partition coefficient (Wildman–Crippen LogP) is -6.40. The summed E-state index contributed by atoms with van der Waals surface area (Å²) in [5, 5.41) is 22.7. The minimum atomic E-state index is -1.65. The van der Waals surface area contributed by atoms with Crippen LogP contribution in [0.4, 0.5) is 9.59 Å². The Morgan fingerprint density at radius 3 is 1.76 bits per heavy atom. The number of cyclic esters (lactones) is 4. The summed E-state index contributed by atoms with van der Waals surface area (Å²) >= 11 is -1.65. The van der Waals surface area contributed by atoms with E-state index in [1.54, 1.807) is 0 Å². The van der Waals surface area contributed by atoms with Gasteiger partial charge in [-0.25, -0.2) is 0 Å². The zero-order valence-corrected chi connectivity index (χ0v) is 12.6. The first-order valence-corrected chi connectivity index (χ1v) is 7.84. The number of hydrogen-bond acceptors (Lipinski definition) is 10. The number of halogens is 1. The third-order valence-corrected chi connectivity index (χ3v) is 3.72. The molecule has 2 saturated heterocycles. The molecule has 0 aromatic rings. The number of hydrogen-bond donors (Lipinski definition) is 2. The Hall–Kier alpha value is -0.970. The maximum absolute atomic E-state index is 11.4. The Bertz CT molecular complexity index is 350. The predicted molar refractivity (Wildman–Crippen MR) is 53.0 cm³/mol. The van der Waals surface area contributed by atoms with Crippen LogP contribution in [-0.2, 0) is 28.6 Å². The van der Waals surface area contributed by atoms with Crippen LogP contribution in [0, 0.1) is 10.4 Å². The van der Waals surface area contributed by atoms with Gasteiger partial charge in [-0.1, -0.05) is 0 Å². The first kappa shape index (κ1) is 16.4. The van der Waals surface area contributed by atoms with Crippen LogP contribution in [0.2, 0.25) is 0 Å². The third kappa shape index (κ3) is 5.73. The van der Waals surface area contributed by atoms with Gasteiger partial charge in [-0.05, 0) is 0 Å². The maximum atomic E-state index is 11.4. The summed E-state index contributed by atoms with van der Waals surface area (Å²) in [6.45, 7) is -0.346. The number of nitrogens with one attached hydrogen (secondary N) is 2. The molecule has 122 valence electrons. The van der Waals surface area contributed by atoms with Crippen molar-refractivity contribution in [1.82, 2.24) is 0 Å². The topological polar surface area (TPSA) is 145 Å². The molecule has 4 atom stereocenters. The molecule has 2 aliphatic rings. The molecule has 2 fully saturated rings. The molecule has 0 amide bonds. The van der Waals surface area contributed by atoms with Crippen LogP contribution >= 0.6 is 0 Å². The number of carbonyl (C=O) groups is 2. The van der Waals surface area contributed by atoms with E-state index in [1.165, 1.54) is 0 Å². The molecule has 4 unspecified atom stereocenters. The zero-order chi connectivity index (χ0) is 15.2. The van der Waals surface area contributed by atoms with Gasteiger partial charge in [0.05, 0.1) is 0 Å². The number of ether oxygens (including phenoxy) is 4. The quantitative estimate of drug-likeness (QED) is 0.167. The van der Waals surface area contributed by atoms with Crippen LogP contribution in [0.5, 0.6) is 0 Å². The molecule has 0 saturated carbocycles. The SMILES string of the molecule is O=C1OCC(CO[NH+]([O-])[I-][NH+]([O-])OCC2COC(=O)O2)O1. The van der Waals surface area contributed by atoms with Crippen molar-refractivity contribution in [2.45, 2.75) is 12.2 Å². The fourth-order valence-electron chi connectivity index (χ4n) is 1.33. The average molecular weight is 423 g/mol. The molecule has 0 radical (unpaired) electrons. The summed E-state index contributed by atoms with van der Waals surface area (Å²) in [7, 11) is 0. The number of carbonyl (C=O) groups excluding carboxylic acids is 2. The van der Waals surface area contributed by atoms with Gasteiger partial charge in [-0.2, -0.15) is 0 Å². The van der Waals surface area contributed by atoms with Gasteiger partial charge < -0.3 is 0 Å². The van der Waals surface area contributed by atoms with E-state index < -0.39 is 53.2 Å². The van der Waals surface area contributed by atoms with Crippen LogP contribution in [0.3, 0.4) is 0 Å². The van der Waals surface area contributed by atoms with Crippen molar-refractivity contribution in [2.75, 3.05) is 26.4 Å². The normalized spacial score (nSPS) is 27.7. The first-order valence-electron chi connectivity index (χ1n) is 5.68. The summed E-state index contributed by atoms with van der Waals surface area (Å²) in [5.41, 5.74) is 0. The van der Waals surface area contributed by atoms with Crippen molar-refractivity contribution in [3.63, 3.8) is 0 Å². The van der Waals surface area contributed by atoms with Crippen molar-refractivity contribution in [1.29, 1.82) is 0 Å². The second kappa shape index (κ2) is 7.87. The van der Waals surface area contributed by atoms with Crippen molar-refractivity contribution < 1.29 is 66.8 Å². The van der Waals surface area contributed by atoms with E-state index in [9.17, 15) is 20.0 Å². The Labute approximate surface area is 128 Å². The van der Waals surface area contributed by atoms with Crippen LogP contribution in [-0.4, -0.2) is 50.9 Å². The van der Waals surface area contributed by atoms with E-state index in [-0.39, 0.29) is 26.4 Å². The molecule has 2 aliphatic heterocycles. The minimum absolute atomic E-state index is 0.00191. The van der Waals surface area contributed by atoms with E-state index >= 15 is 0 Å². The van der Waals surface area contributed by atoms with Gasteiger partial charge in [-0.3, -0.25) is 0 Å². The molecule has 2 N–H and O–H groups in total. The molecule has 0 spiro atoms. The fourth-order valence-corrected chi connectivity index (χ4v) is 2.36. The molecule has 0 aliphatic carbocycles. The monoisotopic (exact) mass is 423 g/mol. The Kier molecular flexibility index (Phi) is 6.15. The summed E-state index contributed by atoms with van der Waals surface area (Å²) in [4.78, 5) is 30.8. The summed E-state index contributed by atoms with van der Waals surface area (Å²) < 4.78 is 16.8. The summed E-state index contributed by atoms with van der Waals surface area (Å²) in [6.07, 6.45) is -2.95. The van der Waals surface area contributed by atoms with Crippen LogP contribution in [0.15, 0.2) is 0 Å². The molecule has 13 heteroatoms. The van der Waals surface area contributed by atoms with Gasteiger partial charge in [0.1, 0.15) is 0 Å². The van der Waals surface area contributed by atoms with Gasteiger partial charge in [-0.15, -0.1) is 0 Å². The molecule has 12 nitrogen and oxygen atoms in total. The van der Waals surface area contributed by atoms with E-state index in [4.69, 9.17) is 9.68 Å². The standard InChI is InChI=1S/C8H12IN2O10/c12-7-16-1-5(20-7)3-18-10(14)9-11(15)19-4-6-2-17-8(13)21-6/h5-6,10-11H,1-4H2/q-1. The van der Waals surface area contributed by atoms with Gasteiger partial charge in [0.25, 0.3) is 0 Å². The third-order valence-electron chi connectivity index (χ3n) is 2.22. The molecular formula is C8H12IN2O10-. The van der Waals surface area contributed by atoms with Crippen molar-refractivity contribution in [2.24, 2.45) is 0 Å². The Balaban J connectivity index is 1.55. The second-order valence-electron chi connectivity index (χ2n) is 3.79. The van der Waals surface area contributed by atoms with Gasteiger partial charge in [0, 0.05) is 0 Å². The van der Waals surface area contributed by atoms with E-state index in [2.05, 4.69) is 18.9 Å². The van der Waals surface area contributed by atoms with Gasteiger partial charge >= 0.3 is 128 Å². The summed E-state index contributed by atoms with van der Waals surface area (Å²) in [6, 6.07) is 0. The van der Waals surface area contributed by atoms with Crippen LogP contribution in [0.1, 0.15) is 0 Å². The van der Waals surface area contributed by atoms with E-state index in [0.717, 1.165) is 0 Å². The molecular weight excluding hydrogens is 411 g/mol. The molecule has 21 heavy (non-hydrogen) atoms. The molecule has 2 rings (SSSR count). The van der Waals surface area contributed by atoms with Crippen molar-refractivity contribution in [3.05, 3.63) is 10.4 Å². The molecule has 2 heterocycles. The van der Waals surface area contributed by atoms with Gasteiger partial charge in [0.2, 0.25) is 0 Å². The second-order valence-corrected chi connectivity index (χ2v) is 6.09. The zero-order valence-electron chi connectivity index (χ0n) is 10.4. The van der Waals surface area contributed by atoms with E-state index in [1.807, 2.05) is 0 Å². The molecule has 0 bridgehead atoms. The van der Waals surface area contributed by atoms with Crippen LogP contribution in [0.25, 0.3) is 0 Å². The Morgan fingerprint density at radius 1 is 1.00 bits per heavy atom. The first-order chi connectivity index (χ1) is 10.0. The average Bonchev–Trinajstić information content (AvgIpc) is 3.03. The fraction of sp³-hybridized carbons (Fsp3) is 0.750. The number of quaternary nitrogens is 2. The van der Waals surface area contributed by atoms with Crippen molar-refractivity contribution in [3.8, 4) is 0 Å². The van der Waals surface area contributed by atoms with Crippen molar-refractivity contribution >= 4 is 12.3 Å². The number of rotatable bonds is 8. The molecule has 0 aromatic carbocycles. The summed E-state index contributed by atoms with van der Waals surface area (Å²) in [5.74, 6) is 0. The molecule has 0 aromatic heterocycles.